The van der Waals surface area contributed by atoms with Crippen LogP contribution in [0.2, 0.25) is 0 Å². The van der Waals surface area contributed by atoms with Crippen molar-refractivity contribution in [1.29, 1.82) is 0 Å². The van der Waals surface area contributed by atoms with E-state index < -0.39 is 0 Å². The van der Waals surface area contributed by atoms with Gasteiger partial charge in [0.25, 0.3) is 0 Å². The standard InChI is InChI=1S/C32H22N2S/c1-33-20-21-10-8-18-29(34-27-16-5-2-11-22(27)23-12-3-6-17-28(23)34)31(21)26-15-9-14-25-24-13-4-7-19-30(24)35-32(25)26/h2-19H,1,20H2. The molecule has 2 nitrogen and oxygen atoms in total. The molecule has 0 fully saturated rings. The van der Waals surface area contributed by atoms with Gasteiger partial charge in [-0.15, -0.1) is 11.3 Å². The van der Waals surface area contributed by atoms with Crippen LogP contribution in [0.15, 0.2) is 114 Å². The average Bonchev–Trinajstić information content (AvgIpc) is 3.45. The van der Waals surface area contributed by atoms with Crippen molar-refractivity contribution in [3.63, 3.8) is 0 Å². The summed E-state index contributed by atoms with van der Waals surface area (Å²) in [7, 11) is 0. The van der Waals surface area contributed by atoms with Crippen molar-refractivity contribution in [3.8, 4) is 16.8 Å². The van der Waals surface area contributed by atoms with E-state index in [2.05, 4.69) is 125 Å². The van der Waals surface area contributed by atoms with E-state index in [9.17, 15) is 0 Å². The fraction of sp³-hybridized carbons (Fsp3) is 0.0312. The van der Waals surface area contributed by atoms with Gasteiger partial charge in [0, 0.05) is 42.1 Å². The first-order valence-electron chi connectivity index (χ1n) is 11.8. The Balaban J connectivity index is 1.64. The Labute approximate surface area is 207 Å². The molecule has 7 rings (SSSR count). The average molecular weight is 467 g/mol. The molecule has 0 unspecified atom stereocenters. The molecule has 0 saturated heterocycles. The Morgan fingerprint density at radius 1 is 0.629 bits per heavy atom. The lowest BCUT2D eigenvalue weighted by molar-refractivity contribution is 1.07. The first-order valence-corrected chi connectivity index (χ1v) is 12.6. The summed E-state index contributed by atoms with van der Waals surface area (Å²) < 4.78 is 5.04. The van der Waals surface area contributed by atoms with Crippen molar-refractivity contribution in [1.82, 2.24) is 4.57 Å². The fourth-order valence-electron chi connectivity index (χ4n) is 5.46. The van der Waals surface area contributed by atoms with Crippen molar-refractivity contribution in [2.75, 3.05) is 0 Å². The lowest BCUT2D eigenvalue weighted by Crippen LogP contribution is -2.00. The highest BCUT2D eigenvalue weighted by molar-refractivity contribution is 7.26. The van der Waals surface area contributed by atoms with Crippen LogP contribution in [0.4, 0.5) is 0 Å². The van der Waals surface area contributed by atoms with Gasteiger partial charge in [-0.2, -0.15) is 0 Å². The van der Waals surface area contributed by atoms with Gasteiger partial charge >= 0.3 is 0 Å². The molecule has 0 amide bonds. The SMILES string of the molecule is C=NCc1cccc(-n2c3ccccc3c3ccccc32)c1-c1cccc2c1sc1ccccc12. The molecule has 5 aromatic carbocycles. The summed E-state index contributed by atoms with van der Waals surface area (Å²) in [4.78, 5) is 4.31. The molecule has 0 atom stereocenters. The number of benzene rings is 5. The third-order valence-electron chi connectivity index (χ3n) is 6.91. The van der Waals surface area contributed by atoms with Crippen molar-refractivity contribution in [2.24, 2.45) is 4.99 Å². The molecule has 0 spiro atoms. The second-order valence-corrected chi connectivity index (χ2v) is 9.90. The van der Waals surface area contributed by atoms with Crippen LogP contribution in [0.25, 0.3) is 58.8 Å². The first-order chi connectivity index (χ1) is 17.3. The van der Waals surface area contributed by atoms with Crippen molar-refractivity contribution in [3.05, 3.63) is 115 Å². The maximum atomic E-state index is 4.31. The fourth-order valence-corrected chi connectivity index (χ4v) is 6.68. The van der Waals surface area contributed by atoms with Crippen LogP contribution >= 0.6 is 11.3 Å². The van der Waals surface area contributed by atoms with Crippen LogP contribution in [-0.2, 0) is 6.54 Å². The minimum Gasteiger partial charge on any atom is -0.309 e. The zero-order chi connectivity index (χ0) is 23.4. The molecule has 0 aliphatic carbocycles. The van der Waals surface area contributed by atoms with E-state index in [-0.39, 0.29) is 0 Å². The number of para-hydroxylation sites is 2. The minimum absolute atomic E-state index is 0.571. The van der Waals surface area contributed by atoms with Gasteiger partial charge in [-0.1, -0.05) is 84.9 Å². The molecule has 0 N–H and O–H groups in total. The van der Waals surface area contributed by atoms with Crippen LogP contribution in [0.1, 0.15) is 5.56 Å². The molecule has 166 valence electrons. The highest BCUT2D eigenvalue weighted by Crippen LogP contribution is 2.44. The van der Waals surface area contributed by atoms with Gasteiger partial charge < -0.3 is 4.57 Å². The monoisotopic (exact) mass is 466 g/mol. The first kappa shape index (κ1) is 20.2. The third-order valence-corrected chi connectivity index (χ3v) is 8.13. The number of hydrogen-bond acceptors (Lipinski definition) is 2. The van der Waals surface area contributed by atoms with Crippen LogP contribution in [0.3, 0.4) is 0 Å². The van der Waals surface area contributed by atoms with E-state index in [0.717, 1.165) is 0 Å². The van der Waals surface area contributed by atoms with Gasteiger partial charge in [0.2, 0.25) is 0 Å². The molecule has 0 radical (unpaired) electrons. The molecule has 35 heavy (non-hydrogen) atoms. The second kappa shape index (κ2) is 7.93. The lowest BCUT2D eigenvalue weighted by Gasteiger charge is -2.18. The third kappa shape index (κ3) is 2.99. The second-order valence-electron chi connectivity index (χ2n) is 8.84. The Morgan fingerprint density at radius 3 is 2.00 bits per heavy atom. The molecule has 0 aliphatic heterocycles. The molecule has 2 heterocycles. The van der Waals surface area contributed by atoms with Crippen LogP contribution in [-0.4, -0.2) is 11.3 Å². The normalized spacial score (nSPS) is 11.7. The number of hydrogen-bond donors (Lipinski definition) is 0. The maximum Gasteiger partial charge on any atom is 0.0639 e. The molecule has 0 saturated carbocycles. The van der Waals surface area contributed by atoms with Crippen LogP contribution in [0, 0.1) is 0 Å². The van der Waals surface area contributed by atoms with E-state index in [1.165, 1.54) is 64.4 Å². The lowest BCUT2D eigenvalue weighted by atomic mass is 9.95. The van der Waals surface area contributed by atoms with Crippen molar-refractivity contribution in [2.45, 2.75) is 6.54 Å². The van der Waals surface area contributed by atoms with Crippen molar-refractivity contribution >= 4 is 60.0 Å². The van der Waals surface area contributed by atoms with Crippen LogP contribution < -0.4 is 0 Å². The van der Waals surface area contributed by atoms with E-state index in [4.69, 9.17) is 0 Å². The number of thiophene rings is 1. The highest BCUT2D eigenvalue weighted by Gasteiger charge is 2.20. The predicted molar refractivity (Wildman–Crippen MR) is 152 cm³/mol. The minimum atomic E-state index is 0.571. The number of nitrogens with zero attached hydrogens (tertiary/aromatic N) is 2. The topological polar surface area (TPSA) is 17.3 Å². The molecule has 0 aliphatic rings. The van der Waals surface area contributed by atoms with Gasteiger partial charge in [-0.25, -0.2) is 0 Å². The molecular formula is C32H22N2S. The van der Waals surface area contributed by atoms with Crippen molar-refractivity contribution < 1.29 is 0 Å². The summed E-state index contributed by atoms with van der Waals surface area (Å²) in [5.74, 6) is 0. The maximum absolute atomic E-state index is 4.31. The van der Waals surface area contributed by atoms with Gasteiger partial charge in [0.15, 0.2) is 0 Å². The number of aromatic nitrogens is 1. The zero-order valence-corrected chi connectivity index (χ0v) is 19.9. The molecular weight excluding hydrogens is 444 g/mol. The Kier molecular flexibility index (Phi) is 4.58. The summed E-state index contributed by atoms with van der Waals surface area (Å²) in [6, 6.07) is 39.3. The quantitative estimate of drug-likeness (QED) is 0.230. The Hall–Kier alpha value is -4.21. The van der Waals surface area contributed by atoms with Gasteiger partial charge in [-0.3, -0.25) is 4.99 Å². The summed E-state index contributed by atoms with van der Waals surface area (Å²) in [5, 5.41) is 5.15. The molecule has 0 bridgehead atoms. The highest BCUT2D eigenvalue weighted by atomic mass is 32.1. The van der Waals surface area contributed by atoms with E-state index in [0.29, 0.717) is 6.54 Å². The van der Waals surface area contributed by atoms with Gasteiger partial charge in [-0.05, 0) is 36.5 Å². The predicted octanol–water partition coefficient (Wildman–Crippen LogP) is 9.02. The molecule has 3 heteroatoms. The summed E-state index contributed by atoms with van der Waals surface area (Å²) in [5.41, 5.74) is 7.26. The van der Waals surface area contributed by atoms with E-state index in [1.54, 1.807) is 0 Å². The van der Waals surface area contributed by atoms with E-state index >= 15 is 0 Å². The summed E-state index contributed by atoms with van der Waals surface area (Å²) in [6.07, 6.45) is 0. The van der Waals surface area contributed by atoms with Crippen LogP contribution in [0.5, 0.6) is 0 Å². The van der Waals surface area contributed by atoms with Gasteiger partial charge in [0.1, 0.15) is 0 Å². The molecule has 7 aromatic rings. The number of rotatable bonds is 4. The number of fused-ring (bicyclic) bond motifs is 6. The largest absolute Gasteiger partial charge is 0.309 e. The Bertz CT molecular complexity index is 1850. The van der Waals surface area contributed by atoms with Gasteiger partial charge in [0.05, 0.1) is 23.3 Å². The van der Waals surface area contributed by atoms with E-state index in [1.807, 2.05) is 11.3 Å². The summed E-state index contributed by atoms with van der Waals surface area (Å²) in [6.45, 7) is 4.40. The smallest absolute Gasteiger partial charge is 0.0639 e. The Morgan fingerprint density at radius 2 is 1.26 bits per heavy atom. The summed E-state index contributed by atoms with van der Waals surface area (Å²) >= 11 is 1.87. The number of aliphatic imine (C=N–C) groups is 1. The zero-order valence-electron chi connectivity index (χ0n) is 19.1. The molecule has 2 aromatic heterocycles.